The zero-order valence-electron chi connectivity index (χ0n) is 11.0. The maximum absolute atomic E-state index is 9.75. The van der Waals surface area contributed by atoms with E-state index in [2.05, 4.69) is 25.7 Å². The molecule has 0 saturated heterocycles. The van der Waals surface area contributed by atoms with Gasteiger partial charge in [-0.1, -0.05) is 0 Å². The summed E-state index contributed by atoms with van der Waals surface area (Å²) in [5, 5.41) is 0. The molecule has 2 aliphatic carbocycles. The van der Waals surface area contributed by atoms with Crippen LogP contribution in [0.3, 0.4) is 0 Å². The Morgan fingerprint density at radius 3 is 0.800 bits per heavy atom. The van der Waals surface area contributed by atoms with Crippen LogP contribution in [0, 0.1) is 64.2 Å². The quantitative estimate of drug-likeness (QED) is 0.353. The fraction of sp³-hybridized carbons (Fsp3) is 0.286. The zero-order chi connectivity index (χ0) is 14.4. The van der Waals surface area contributed by atoms with Gasteiger partial charge in [-0.2, -0.15) is 0 Å². The van der Waals surface area contributed by atoms with Crippen molar-refractivity contribution in [2.45, 2.75) is 25.7 Å². The molecule has 2 fully saturated rings. The summed E-state index contributed by atoms with van der Waals surface area (Å²) in [5.41, 5.74) is 0. The van der Waals surface area contributed by atoms with Gasteiger partial charge in [-0.05, 0) is 89.9 Å². The van der Waals surface area contributed by atoms with Crippen molar-refractivity contribution >= 4 is 7.25 Å². The minimum atomic E-state index is -6.00. The predicted octanol–water partition coefficient (Wildman–Crippen LogP) is 4.90. The SMILES string of the molecule is F[B-](F)(F)F.[CH]1[CH]CC[CH][CH]CC1.[CH]1[CH][CH][CH][CH][CH]1.[Ir]. The number of hydrogen-bond donors (Lipinski definition) is 0. The zero-order valence-corrected chi connectivity index (χ0v) is 13.4. The molecule has 0 nitrogen and oxygen atoms in total. The third kappa shape index (κ3) is 26.9. The van der Waals surface area contributed by atoms with Crippen molar-refractivity contribution in [3.63, 3.8) is 0 Å². The van der Waals surface area contributed by atoms with Crippen LogP contribution in [-0.4, -0.2) is 7.25 Å². The first-order valence-electron chi connectivity index (χ1n) is 6.17. The molecule has 0 spiro atoms. The number of rotatable bonds is 0. The average Bonchev–Trinajstić information content (AvgIpc) is 2.29. The first kappa shape index (κ1) is 22.7. The molecule has 2 saturated carbocycles. The van der Waals surface area contributed by atoms with Crippen molar-refractivity contribution in [2.24, 2.45) is 0 Å². The van der Waals surface area contributed by atoms with Gasteiger partial charge in [0.15, 0.2) is 0 Å². The standard InChI is InChI=1S/C8H12.C6H6.BF4.Ir/c1-2-4-6-8-7-5-3-1;1-2-4-6-5-3-1;2-1(3,4)5;/h1-2,7-8H,3-6H2;1-6H;;/q;;-1;. The Morgan fingerprint density at radius 2 is 0.650 bits per heavy atom. The first-order valence-corrected chi connectivity index (χ1v) is 6.17. The molecular formula is C14H18BF4Ir-. The molecule has 0 aromatic heterocycles. The fourth-order valence-electron chi connectivity index (χ4n) is 1.24. The Morgan fingerprint density at radius 1 is 0.500 bits per heavy atom. The van der Waals surface area contributed by atoms with E-state index in [1.165, 1.54) is 25.7 Å². The summed E-state index contributed by atoms with van der Waals surface area (Å²) in [7, 11) is -6.00. The van der Waals surface area contributed by atoms with Gasteiger partial charge in [0.1, 0.15) is 0 Å². The first-order chi connectivity index (χ1) is 9.00. The topological polar surface area (TPSA) is 0 Å². The van der Waals surface area contributed by atoms with Crippen LogP contribution in [0.5, 0.6) is 0 Å². The van der Waals surface area contributed by atoms with Crippen LogP contribution < -0.4 is 0 Å². The summed E-state index contributed by atoms with van der Waals surface area (Å²) in [4.78, 5) is 0. The maximum Gasteiger partial charge on any atom is 0.673 e. The van der Waals surface area contributed by atoms with E-state index in [9.17, 15) is 17.3 Å². The predicted molar refractivity (Wildman–Crippen MR) is 71.7 cm³/mol. The Kier molecular flexibility index (Phi) is 18.0. The van der Waals surface area contributed by atoms with Gasteiger partial charge in [0, 0.05) is 20.1 Å². The molecule has 6 heteroatoms. The second-order valence-electron chi connectivity index (χ2n) is 3.75. The van der Waals surface area contributed by atoms with Gasteiger partial charge >= 0.3 is 7.25 Å². The van der Waals surface area contributed by atoms with E-state index in [1.807, 2.05) is 38.5 Å². The summed E-state index contributed by atoms with van der Waals surface area (Å²) < 4.78 is 39.0. The Labute approximate surface area is 134 Å². The monoisotopic (exact) mass is 466 g/mol. The summed E-state index contributed by atoms with van der Waals surface area (Å²) >= 11 is 0. The molecule has 0 aliphatic heterocycles. The second-order valence-corrected chi connectivity index (χ2v) is 3.75. The van der Waals surface area contributed by atoms with Gasteiger partial charge in [0.25, 0.3) is 0 Å². The minimum absolute atomic E-state index is 0. The summed E-state index contributed by atoms with van der Waals surface area (Å²) in [5.74, 6) is 0. The van der Waals surface area contributed by atoms with Gasteiger partial charge in [-0.15, -0.1) is 0 Å². The van der Waals surface area contributed by atoms with Gasteiger partial charge in [0.2, 0.25) is 0 Å². The van der Waals surface area contributed by atoms with Gasteiger partial charge < -0.3 is 17.3 Å². The van der Waals surface area contributed by atoms with Gasteiger partial charge in [-0.25, -0.2) is 0 Å². The van der Waals surface area contributed by atoms with Crippen LogP contribution in [0.1, 0.15) is 25.7 Å². The molecule has 115 valence electrons. The van der Waals surface area contributed by atoms with E-state index in [1.54, 1.807) is 0 Å². The van der Waals surface area contributed by atoms with Crippen LogP contribution in [0.4, 0.5) is 17.3 Å². The molecule has 0 atom stereocenters. The molecule has 0 unspecified atom stereocenters. The maximum atomic E-state index is 9.75. The Bertz CT molecular complexity index is 143. The van der Waals surface area contributed by atoms with E-state index in [4.69, 9.17) is 0 Å². The Balaban J connectivity index is 0. The molecule has 0 N–H and O–H groups in total. The van der Waals surface area contributed by atoms with Crippen LogP contribution in [0.25, 0.3) is 0 Å². The van der Waals surface area contributed by atoms with Gasteiger partial charge in [0.05, 0.1) is 0 Å². The second kappa shape index (κ2) is 15.8. The fourth-order valence-corrected chi connectivity index (χ4v) is 1.24. The molecule has 2 aliphatic rings. The van der Waals surface area contributed by atoms with Crippen molar-refractivity contribution in [3.05, 3.63) is 64.2 Å². The van der Waals surface area contributed by atoms with Crippen LogP contribution >= 0.6 is 0 Å². The molecule has 0 aromatic rings. The molecule has 20 heavy (non-hydrogen) atoms. The molecule has 0 aromatic carbocycles. The van der Waals surface area contributed by atoms with Crippen molar-refractivity contribution in [3.8, 4) is 0 Å². The number of halogens is 4. The third-order valence-corrected chi connectivity index (χ3v) is 2.00. The molecule has 0 amide bonds. The smallest absolute Gasteiger partial charge is 0.418 e. The van der Waals surface area contributed by atoms with E-state index < -0.39 is 7.25 Å². The van der Waals surface area contributed by atoms with Crippen LogP contribution in [-0.2, 0) is 20.1 Å². The van der Waals surface area contributed by atoms with E-state index in [0.29, 0.717) is 0 Å². The minimum Gasteiger partial charge on any atom is -0.418 e. The summed E-state index contributed by atoms with van der Waals surface area (Å²) in [6.07, 6.45) is 26.0. The largest absolute Gasteiger partial charge is 0.673 e. The summed E-state index contributed by atoms with van der Waals surface area (Å²) in [6.45, 7) is 0. The van der Waals surface area contributed by atoms with E-state index in [0.717, 1.165) is 0 Å². The van der Waals surface area contributed by atoms with E-state index >= 15 is 0 Å². The van der Waals surface area contributed by atoms with Gasteiger partial charge in [-0.3, -0.25) is 0 Å². The van der Waals surface area contributed by atoms with Crippen molar-refractivity contribution in [1.29, 1.82) is 0 Å². The number of hydrogen-bond acceptors (Lipinski definition) is 0. The molecule has 2 rings (SSSR count). The average molecular weight is 465 g/mol. The van der Waals surface area contributed by atoms with Crippen molar-refractivity contribution in [2.75, 3.05) is 0 Å². The third-order valence-electron chi connectivity index (χ3n) is 2.00. The van der Waals surface area contributed by atoms with E-state index in [-0.39, 0.29) is 20.1 Å². The van der Waals surface area contributed by atoms with Crippen LogP contribution in [0.2, 0.25) is 0 Å². The normalized spacial score (nSPS) is 19.8. The molecule has 0 bridgehead atoms. The Hall–Kier alpha value is 0.434. The van der Waals surface area contributed by atoms with Crippen molar-refractivity contribution in [1.82, 2.24) is 0 Å². The summed E-state index contributed by atoms with van der Waals surface area (Å²) in [6, 6.07) is 0. The molecular weight excluding hydrogens is 447 g/mol. The molecule has 11 radical (unpaired) electrons. The molecule has 0 heterocycles. The van der Waals surface area contributed by atoms with Crippen LogP contribution in [0.15, 0.2) is 0 Å². The van der Waals surface area contributed by atoms with Crippen molar-refractivity contribution < 1.29 is 37.4 Å².